The van der Waals surface area contributed by atoms with Gasteiger partial charge in [0.15, 0.2) is 0 Å². The van der Waals surface area contributed by atoms with E-state index in [2.05, 4.69) is 10.4 Å². The van der Waals surface area contributed by atoms with E-state index in [9.17, 15) is 18.8 Å². The van der Waals surface area contributed by atoms with Crippen molar-refractivity contribution >= 4 is 29.1 Å². The number of carbonyl (C=O) groups excluding carboxylic acids is 3. The molecular formula is C22H23FN4O3. The van der Waals surface area contributed by atoms with E-state index in [0.717, 1.165) is 5.56 Å². The molecule has 7 nitrogen and oxygen atoms in total. The highest BCUT2D eigenvalue weighted by Crippen LogP contribution is 2.15. The third kappa shape index (κ3) is 5.50. The first-order chi connectivity index (χ1) is 14.3. The fourth-order valence-corrected chi connectivity index (χ4v) is 2.99. The van der Waals surface area contributed by atoms with Gasteiger partial charge in [-0.25, -0.2) is 9.40 Å². The van der Waals surface area contributed by atoms with Crippen LogP contribution in [0.4, 0.5) is 10.1 Å². The van der Waals surface area contributed by atoms with Gasteiger partial charge in [0.1, 0.15) is 11.5 Å². The van der Waals surface area contributed by atoms with E-state index in [1.807, 2.05) is 19.1 Å². The molecule has 0 spiro atoms. The van der Waals surface area contributed by atoms with E-state index in [1.165, 1.54) is 29.1 Å². The predicted molar refractivity (Wildman–Crippen MR) is 111 cm³/mol. The molecule has 0 atom stereocenters. The van der Waals surface area contributed by atoms with Gasteiger partial charge in [-0.15, -0.1) is 0 Å². The van der Waals surface area contributed by atoms with Crippen molar-refractivity contribution in [2.75, 3.05) is 18.9 Å². The van der Waals surface area contributed by atoms with Crippen LogP contribution in [0.15, 0.2) is 53.6 Å². The van der Waals surface area contributed by atoms with Crippen LogP contribution in [0, 0.1) is 12.7 Å². The van der Waals surface area contributed by atoms with Gasteiger partial charge in [-0.2, -0.15) is 5.10 Å². The average molecular weight is 410 g/mol. The highest BCUT2D eigenvalue weighted by molar-refractivity contribution is 6.39. The van der Waals surface area contributed by atoms with Crippen molar-refractivity contribution in [1.29, 1.82) is 0 Å². The Morgan fingerprint density at radius 3 is 2.43 bits per heavy atom. The maximum absolute atomic E-state index is 13.1. The zero-order valence-corrected chi connectivity index (χ0v) is 16.9. The third-order valence-corrected chi connectivity index (χ3v) is 4.66. The van der Waals surface area contributed by atoms with E-state index in [1.54, 1.807) is 24.3 Å². The van der Waals surface area contributed by atoms with Crippen LogP contribution < -0.4 is 5.32 Å². The van der Waals surface area contributed by atoms with Gasteiger partial charge < -0.3 is 10.2 Å². The molecule has 3 rings (SSSR count). The molecule has 0 aliphatic carbocycles. The van der Waals surface area contributed by atoms with Crippen LogP contribution in [0.5, 0.6) is 0 Å². The number of carbonyl (C=O) groups is 3. The zero-order chi connectivity index (χ0) is 21.7. The van der Waals surface area contributed by atoms with Crippen LogP contribution in [0.25, 0.3) is 0 Å². The first-order valence-corrected chi connectivity index (χ1v) is 9.56. The lowest BCUT2D eigenvalue weighted by atomic mass is 10.1. The van der Waals surface area contributed by atoms with Crippen molar-refractivity contribution in [3.05, 3.63) is 65.5 Å². The number of hydrogen-bond donors (Lipinski definition) is 1. The van der Waals surface area contributed by atoms with Gasteiger partial charge in [-0.05, 0) is 36.8 Å². The van der Waals surface area contributed by atoms with Gasteiger partial charge in [0.2, 0.25) is 11.8 Å². The molecule has 0 saturated heterocycles. The van der Waals surface area contributed by atoms with Crippen LogP contribution in [0.2, 0.25) is 0 Å². The molecule has 0 bridgehead atoms. The van der Waals surface area contributed by atoms with Crippen LogP contribution in [-0.2, 0) is 20.9 Å². The summed E-state index contributed by atoms with van der Waals surface area (Å²) >= 11 is 0. The Labute approximate surface area is 174 Å². The van der Waals surface area contributed by atoms with Gasteiger partial charge in [-0.3, -0.25) is 14.4 Å². The number of likely N-dealkylation sites (N-methyl/N-ethyl adjacent to an activating group) is 1. The molecule has 0 aromatic heterocycles. The number of hydrazone groups is 1. The summed E-state index contributed by atoms with van der Waals surface area (Å²) in [6.07, 6.45) is 0.358. The monoisotopic (exact) mass is 410 g/mol. The minimum absolute atomic E-state index is 0.141. The van der Waals surface area contributed by atoms with Crippen molar-refractivity contribution in [2.24, 2.45) is 5.10 Å². The Hall–Kier alpha value is -3.55. The molecule has 1 aliphatic rings. The topological polar surface area (TPSA) is 82.1 Å². The number of nitrogens with zero attached hydrogens (tertiary/aromatic N) is 3. The summed E-state index contributed by atoms with van der Waals surface area (Å²) in [5.41, 5.74) is 2.64. The van der Waals surface area contributed by atoms with E-state index in [0.29, 0.717) is 11.3 Å². The Bertz CT molecular complexity index is 971. The quantitative estimate of drug-likeness (QED) is 0.795. The molecule has 156 valence electrons. The van der Waals surface area contributed by atoms with Gasteiger partial charge in [0.25, 0.3) is 5.91 Å². The second-order valence-corrected chi connectivity index (χ2v) is 7.20. The number of amides is 3. The van der Waals surface area contributed by atoms with Crippen molar-refractivity contribution < 1.29 is 18.8 Å². The number of anilines is 1. The summed E-state index contributed by atoms with van der Waals surface area (Å²) < 4.78 is 13.1. The molecule has 30 heavy (non-hydrogen) atoms. The summed E-state index contributed by atoms with van der Waals surface area (Å²) in [6.45, 7) is 1.96. The Balaban J connectivity index is 1.62. The van der Waals surface area contributed by atoms with Gasteiger partial charge in [-0.1, -0.05) is 29.8 Å². The van der Waals surface area contributed by atoms with Gasteiger partial charge in [0.05, 0.1) is 13.1 Å². The lowest BCUT2D eigenvalue weighted by molar-refractivity contribution is -0.133. The first kappa shape index (κ1) is 21.2. The zero-order valence-electron chi connectivity index (χ0n) is 16.9. The standard InChI is InChI=1S/C22H23FN4O3/c1-15-3-9-18(10-4-15)24-20(28)14-26(2)22(30)19-11-12-21(29)27(25-19)13-16-5-7-17(23)8-6-16/h3-10H,11-14H2,1-2H3,(H,24,28). The molecule has 0 unspecified atom stereocenters. The average Bonchev–Trinajstić information content (AvgIpc) is 2.72. The van der Waals surface area contributed by atoms with Crippen LogP contribution >= 0.6 is 0 Å². The number of nitrogens with one attached hydrogen (secondary N) is 1. The van der Waals surface area contributed by atoms with E-state index >= 15 is 0 Å². The molecule has 0 fully saturated rings. The van der Waals surface area contributed by atoms with Crippen molar-refractivity contribution in [1.82, 2.24) is 9.91 Å². The Morgan fingerprint density at radius 1 is 1.10 bits per heavy atom. The smallest absolute Gasteiger partial charge is 0.270 e. The second-order valence-electron chi connectivity index (χ2n) is 7.20. The predicted octanol–water partition coefficient (Wildman–Crippen LogP) is 2.71. The largest absolute Gasteiger partial charge is 0.331 e. The van der Waals surface area contributed by atoms with Crippen molar-refractivity contribution in [3.8, 4) is 0 Å². The highest BCUT2D eigenvalue weighted by Gasteiger charge is 2.27. The molecule has 2 aromatic carbocycles. The van der Waals surface area contributed by atoms with Gasteiger partial charge in [0, 0.05) is 25.6 Å². The molecule has 0 radical (unpaired) electrons. The van der Waals surface area contributed by atoms with Gasteiger partial charge >= 0.3 is 0 Å². The molecule has 2 aromatic rings. The summed E-state index contributed by atoms with van der Waals surface area (Å²) in [5, 5.41) is 8.14. The van der Waals surface area contributed by atoms with Crippen LogP contribution in [0.1, 0.15) is 24.0 Å². The molecule has 8 heteroatoms. The van der Waals surface area contributed by atoms with E-state index < -0.39 is 5.91 Å². The summed E-state index contributed by atoms with van der Waals surface area (Å²) in [4.78, 5) is 38.4. The molecule has 1 aliphatic heterocycles. The second kappa shape index (κ2) is 9.30. The number of aryl methyl sites for hydroxylation is 1. The van der Waals surface area contributed by atoms with Crippen molar-refractivity contribution in [3.63, 3.8) is 0 Å². The summed E-state index contributed by atoms with van der Waals surface area (Å²) in [6, 6.07) is 13.1. The fourth-order valence-electron chi connectivity index (χ4n) is 2.99. The maximum Gasteiger partial charge on any atom is 0.270 e. The highest BCUT2D eigenvalue weighted by atomic mass is 19.1. The number of halogens is 1. The SMILES string of the molecule is Cc1ccc(NC(=O)CN(C)C(=O)C2=NN(Cc3ccc(F)cc3)C(=O)CC2)cc1. The van der Waals surface area contributed by atoms with Crippen LogP contribution in [0.3, 0.4) is 0 Å². The molecule has 1 N–H and O–H groups in total. The molecule has 1 heterocycles. The first-order valence-electron chi connectivity index (χ1n) is 9.56. The number of hydrogen-bond acceptors (Lipinski definition) is 4. The number of rotatable bonds is 6. The lowest BCUT2D eigenvalue weighted by Gasteiger charge is -2.25. The summed E-state index contributed by atoms with van der Waals surface area (Å²) in [7, 11) is 1.51. The van der Waals surface area contributed by atoms with E-state index in [-0.39, 0.29) is 49.3 Å². The molecule has 0 saturated carbocycles. The maximum atomic E-state index is 13.1. The summed E-state index contributed by atoms with van der Waals surface area (Å²) in [5.74, 6) is -1.32. The lowest BCUT2D eigenvalue weighted by Crippen LogP contribution is -2.42. The Morgan fingerprint density at radius 2 is 1.77 bits per heavy atom. The van der Waals surface area contributed by atoms with Crippen LogP contribution in [-0.4, -0.2) is 46.9 Å². The number of benzene rings is 2. The van der Waals surface area contributed by atoms with Crippen molar-refractivity contribution in [2.45, 2.75) is 26.3 Å². The normalized spacial score (nSPS) is 13.6. The van der Waals surface area contributed by atoms with E-state index in [4.69, 9.17) is 0 Å². The minimum atomic E-state index is -0.411. The molecular weight excluding hydrogens is 387 g/mol. The molecule has 3 amide bonds. The minimum Gasteiger partial charge on any atom is -0.331 e. The fraction of sp³-hybridized carbons (Fsp3) is 0.273. The Kier molecular flexibility index (Phi) is 6.56. The third-order valence-electron chi connectivity index (χ3n) is 4.66.